The van der Waals surface area contributed by atoms with E-state index >= 15 is 0 Å². The molecule has 7 heteroatoms. The van der Waals surface area contributed by atoms with Gasteiger partial charge < -0.3 is 14.6 Å². The number of benzene rings is 2. The SMILES string of the molecule is Cc1onc(-c2ccccc2Cl)c1C(=O)NCCOc1cccc(F)c1. The lowest BCUT2D eigenvalue weighted by molar-refractivity contribution is 0.0946. The minimum Gasteiger partial charge on any atom is -0.492 e. The van der Waals surface area contributed by atoms with E-state index in [-0.39, 0.29) is 24.9 Å². The average molecular weight is 375 g/mol. The monoisotopic (exact) mass is 374 g/mol. The fourth-order valence-electron chi connectivity index (χ4n) is 2.46. The van der Waals surface area contributed by atoms with Gasteiger partial charge in [0, 0.05) is 11.6 Å². The zero-order chi connectivity index (χ0) is 18.5. The van der Waals surface area contributed by atoms with Gasteiger partial charge in [0.15, 0.2) is 0 Å². The Hall–Kier alpha value is -2.86. The highest BCUT2D eigenvalue weighted by Crippen LogP contribution is 2.30. The average Bonchev–Trinajstić information content (AvgIpc) is 3.00. The van der Waals surface area contributed by atoms with Crippen LogP contribution in [0, 0.1) is 12.7 Å². The maximum Gasteiger partial charge on any atom is 0.257 e. The van der Waals surface area contributed by atoms with Crippen LogP contribution in [-0.4, -0.2) is 24.2 Å². The van der Waals surface area contributed by atoms with Crippen LogP contribution in [0.1, 0.15) is 16.1 Å². The number of amides is 1. The van der Waals surface area contributed by atoms with E-state index in [4.69, 9.17) is 20.9 Å². The van der Waals surface area contributed by atoms with Gasteiger partial charge in [0.05, 0.1) is 11.6 Å². The largest absolute Gasteiger partial charge is 0.492 e. The number of ether oxygens (including phenoxy) is 1. The Labute approximate surface area is 154 Å². The zero-order valence-electron chi connectivity index (χ0n) is 14.0. The molecule has 0 radical (unpaired) electrons. The minimum atomic E-state index is -0.379. The normalized spacial score (nSPS) is 10.6. The number of carbonyl (C=O) groups excluding carboxylic acids is 1. The summed E-state index contributed by atoms with van der Waals surface area (Å²) in [6.45, 7) is 2.09. The molecule has 1 amide bonds. The van der Waals surface area contributed by atoms with Crippen molar-refractivity contribution in [2.75, 3.05) is 13.2 Å². The number of carbonyl (C=O) groups is 1. The van der Waals surface area contributed by atoms with E-state index < -0.39 is 0 Å². The second kappa shape index (κ2) is 8.01. The molecule has 0 aliphatic heterocycles. The molecule has 134 valence electrons. The van der Waals surface area contributed by atoms with Gasteiger partial charge >= 0.3 is 0 Å². The van der Waals surface area contributed by atoms with Crippen LogP contribution in [0.5, 0.6) is 5.75 Å². The van der Waals surface area contributed by atoms with Crippen molar-refractivity contribution >= 4 is 17.5 Å². The van der Waals surface area contributed by atoms with Crippen LogP contribution < -0.4 is 10.1 Å². The molecule has 0 atom stereocenters. The fourth-order valence-corrected chi connectivity index (χ4v) is 2.68. The molecule has 0 saturated heterocycles. The number of rotatable bonds is 6. The molecular formula is C19H16ClFN2O3. The van der Waals surface area contributed by atoms with Crippen molar-refractivity contribution in [1.29, 1.82) is 0 Å². The standard InChI is InChI=1S/C19H16ClFN2O3/c1-12-17(18(23-26-12)15-7-2-3-8-16(15)20)19(24)22-9-10-25-14-6-4-5-13(21)11-14/h2-8,11H,9-10H2,1H3,(H,22,24). The summed E-state index contributed by atoms with van der Waals surface area (Å²) < 4.78 is 23.7. The summed E-state index contributed by atoms with van der Waals surface area (Å²) in [5, 5.41) is 7.18. The molecule has 3 rings (SSSR count). The third-order valence-corrected chi connectivity index (χ3v) is 4.00. The molecular weight excluding hydrogens is 359 g/mol. The van der Waals surface area contributed by atoms with Crippen molar-refractivity contribution < 1.29 is 18.4 Å². The quantitative estimate of drug-likeness (QED) is 0.655. The third kappa shape index (κ3) is 4.03. The van der Waals surface area contributed by atoms with Gasteiger partial charge in [0.2, 0.25) is 0 Å². The molecule has 5 nitrogen and oxygen atoms in total. The lowest BCUT2D eigenvalue weighted by atomic mass is 10.1. The molecule has 0 spiro atoms. The van der Waals surface area contributed by atoms with E-state index in [1.807, 2.05) is 0 Å². The molecule has 1 N–H and O–H groups in total. The smallest absolute Gasteiger partial charge is 0.257 e. The molecule has 26 heavy (non-hydrogen) atoms. The first kappa shape index (κ1) is 17.9. The van der Waals surface area contributed by atoms with Gasteiger partial charge in [-0.25, -0.2) is 4.39 Å². The summed E-state index contributed by atoms with van der Waals surface area (Å²) in [5.74, 6) is 0.0677. The number of aromatic nitrogens is 1. The topological polar surface area (TPSA) is 64.4 Å². The summed E-state index contributed by atoms with van der Waals surface area (Å²) >= 11 is 6.19. The summed E-state index contributed by atoms with van der Waals surface area (Å²) in [5.41, 5.74) is 1.33. The van der Waals surface area contributed by atoms with Gasteiger partial charge in [-0.05, 0) is 25.1 Å². The van der Waals surface area contributed by atoms with Crippen LogP contribution in [0.4, 0.5) is 4.39 Å². The maximum atomic E-state index is 13.1. The summed E-state index contributed by atoms with van der Waals surface area (Å²) in [7, 11) is 0. The van der Waals surface area contributed by atoms with E-state index in [0.717, 1.165) is 0 Å². The number of halogens is 2. The van der Waals surface area contributed by atoms with E-state index in [9.17, 15) is 9.18 Å². The van der Waals surface area contributed by atoms with Crippen LogP contribution in [0.2, 0.25) is 5.02 Å². The second-order valence-electron chi connectivity index (χ2n) is 5.50. The maximum absolute atomic E-state index is 13.1. The zero-order valence-corrected chi connectivity index (χ0v) is 14.7. The number of nitrogens with one attached hydrogen (secondary N) is 1. The Morgan fingerprint density at radius 1 is 1.27 bits per heavy atom. The summed E-state index contributed by atoms with van der Waals surface area (Å²) in [6.07, 6.45) is 0. The first-order chi connectivity index (χ1) is 12.6. The van der Waals surface area contributed by atoms with Crippen LogP contribution in [0.15, 0.2) is 53.1 Å². The van der Waals surface area contributed by atoms with Gasteiger partial charge in [-0.3, -0.25) is 4.79 Å². The van der Waals surface area contributed by atoms with Crippen molar-refractivity contribution in [1.82, 2.24) is 10.5 Å². The molecule has 3 aromatic rings. The molecule has 1 heterocycles. The van der Waals surface area contributed by atoms with E-state index in [0.29, 0.717) is 33.4 Å². The lowest BCUT2D eigenvalue weighted by Crippen LogP contribution is -2.28. The summed E-state index contributed by atoms with van der Waals surface area (Å²) in [4.78, 5) is 12.5. The first-order valence-corrected chi connectivity index (χ1v) is 8.32. The fraction of sp³-hybridized carbons (Fsp3) is 0.158. The molecule has 1 aromatic heterocycles. The number of nitrogens with zero attached hydrogens (tertiary/aromatic N) is 1. The predicted molar refractivity (Wildman–Crippen MR) is 95.9 cm³/mol. The molecule has 0 bridgehead atoms. The van der Waals surface area contributed by atoms with E-state index in [1.54, 1.807) is 43.3 Å². The van der Waals surface area contributed by atoms with Crippen LogP contribution >= 0.6 is 11.6 Å². The molecule has 0 saturated carbocycles. The first-order valence-electron chi connectivity index (χ1n) is 7.94. The molecule has 0 aliphatic rings. The van der Waals surface area contributed by atoms with E-state index in [1.165, 1.54) is 12.1 Å². The highest BCUT2D eigenvalue weighted by Gasteiger charge is 2.22. The Bertz CT molecular complexity index is 927. The number of hydrogen-bond donors (Lipinski definition) is 1. The van der Waals surface area contributed by atoms with Crippen molar-refractivity contribution in [3.8, 4) is 17.0 Å². The minimum absolute atomic E-state index is 0.195. The molecule has 0 aliphatic carbocycles. The van der Waals surface area contributed by atoms with Crippen molar-refractivity contribution in [3.05, 3.63) is 70.7 Å². The highest BCUT2D eigenvalue weighted by molar-refractivity contribution is 6.33. The Balaban J connectivity index is 1.65. The molecule has 0 fully saturated rings. The van der Waals surface area contributed by atoms with Crippen molar-refractivity contribution in [2.24, 2.45) is 0 Å². The van der Waals surface area contributed by atoms with E-state index in [2.05, 4.69) is 10.5 Å². The predicted octanol–water partition coefficient (Wildman–Crippen LogP) is 4.25. The van der Waals surface area contributed by atoms with Crippen molar-refractivity contribution in [3.63, 3.8) is 0 Å². The van der Waals surface area contributed by atoms with Gasteiger partial charge in [0.1, 0.15) is 35.2 Å². The van der Waals surface area contributed by atoms with Crippen LogP contribution in [-0.2, 0) is 0 Å². The Morgan fingerprint density at radius 3 is 2.85 bits per heavy atom. The van der Waals surface area contributed by atoms with Gasteiger partial charge in [-0.15, -0.1) is 0 Å². The summed E-state index contributed by atoms with van der Waals surface area (Å²) in [6, 6.07) is 12.9. The molecule has 0 unspecified atom stereocenters. The molecule has 2 aromatic carbocycles. The van der Waals surface area contributed by atoms with Gasteiger partial charge in [-0.2, -0.15) is 0 Å². The highest BCUT2D eigenvalue weighted by atomic mass is 35.5. The number of aryl methyl sites for hydroxylation is 1. The third-order valence-electron chi connectivity index (χ3n) is 3.67. The van der Waals surface area contributed by atoms with Crippen molar-refractivity contribution in [2.45, 2.75) is 6.92 Å². The lowest BCUT2D eigenvalue weighted by Gasteiger charge is -2.08. The van der Waals surface area contributed by atoms with Crippen LogP contribution in [0.3, 0.4) is 0 Å². The Morgan fingerprint density at radius 2 is 2.08 bits per heavy atom. The van der Waals surface area contributed by atoms with Gasteiger partial charge in [0.25, 0.3) is 5.91 Å². The second-order valence-corrected chi connectivity index (χ2v) is 5.91. The van der Waals surface area contributed by atoms with Gasteiger partial charge in [-0.1, -0.05) is 41.0 Å². The number of hydrogen-bond acceptors (Lipinski definition) is 4. The van der Waals surface area contributed by atoms with Crippen LogP contribution in [0.25, 0.3) is 11.3 Å². The Kier molecular flexibility index (Phi) is 5.53.